The summed E-state index contributed by atoms with van der Waals surface area (Å²) in [6, 6.07) is 11.8. The summed E-state index contributed by atoms with van der Waals surface area (Å²) < 4.78 is 5.44. The molecule has 166 valence electrons. The molecule has 0 unspecified atom stereocenters. The smallest absolute Gasteiger partial charge is 0.277 e. The second-order valence-electron chi connectivity index (χ2n) is 9.19. The van der Waals surface area contributed by atoms with Crippen LogP contribution in [0.25, 0.3) is 0 Å². The first-order valence-electron chi connectivity index (χ1n) is 10.7. The average molecular weight is 442 g/mol. The summed E-state index contributed by atoms with van der Waals surface area (Å²) in [5.74, 6) is 0.671. The lowest BCUT2D eigenvalue weighted by molar-refractivity contribution is -0.123. The summed E-state index contributed by atoms with van der Waals surface area (Å²) in [6.45, 7) is 13.4. The fraction of sp³-hybridized carbons (Fsp3) is 0.440. The highest BCUT2D eigenvalue weighted by Gasteiger charge is 2.37. The number of benzene rings is 2. The molecule has 1 amide bonds. The molecular weight excluding hydrogens is 410 g/mol. The Labute approximate surface area is 190 Å². The molecule has 0 radical (unpaired) electrons. The maximum Gasteiger partial charge on any atom is 0.277 e. The summed E-state index contributed by atoms with van der Waals surface area (Å²) in [4.78, 5) is 14.6. The Morgan fingerprint density at radius 2 is 2.10 bits per heavy atom. The number of hydrogen-bond acceptors (Lipinski definition) is 4. The molecule has 5 nitrogen and oxygen atoms in total. The van der Waals surface area contributed by atoms with E-state index in [4.69, 9.17) is 16.3 Å². The Morgan fingerprint density at radius 1 is 1.35 bits per heavy atom. The van der Waals surface area contributed by atoms with Crippen molar-refractivity contribution in [2.75, 3.05) is 11.5 Å². The molecule has 1 aliphatic heterocycles. The van der Waals surface area contributed by atoms with E-state index in [0.717, 1.165) is 17.5 Å². The molecule has 2 aromatic rings. The number of fused-ring (bicyclic) bond motifs is 1. The van der Waals surface area contributed by atoms with Gasteiger partial charge in [0.1, 0.15) is 5.75 Å². The number of amides is 1. The second kappa shape index (κ2) is 9.31. The zero-order valence-electron chi connectivity index (χ0n) is 19.2. The fourth-order valence-electron chi connectivity index (χ4n) is 4.64. The normalized spacial score (nSPS) is 17.7. The molecule has 1 N–H and O–H groups in total. The quantitative estimate of drug-likeness (QED) is 0.463. The van der Waals surface area contributed by atoms with Crippen molar-refractivity contribution in [1.29, 1.82) is 0 Å². The number of rotatable bonds is 6. The van der Waals surface area contributed by atoms with Gasteiger partial charge in [0, 0.05) is 22.3 Å². The highest BCUT2D eigenvalue weighted by Crippen LogP contribution is 2.45. The molecular formula is C25H32ClN3O2. The third-order valence-corrected chi connectivity index (χ3v) is 5.97. The minimum Gasteiger partial charge on any atom is -0.484 e. The Hall–Kier alpha value is -2.53. The van der Waals surface area contributed by atoms with Crippen molar-refractivity contribution in [2.45, 2.75) is 65.5 Å². The number of hydrazone groups is 1. The molecule has 6 heteroatoms. The van der Waals surface area contributed by atoms with Crippen LogP contribution in [0, 0.1) is 6.92 Å². The van der Waals surface area contributed by atoms with E-state index in [2.05, 4.69) is 69.1 Å². The first kappa shape index (κ1) is 23.1. The summed E-state index contributed by atoms with van der Waals surface area (Å²) >= 11 is 5.92. The number of carbonyl (C=O) groups excluding carboxylic acids is 1. The van der Waals surface area contributed by atoms with Crippen LogP contribution in [-0.4, -0.2) is 30.3 Å². The second-order valence-corrected chi connectivity index (χ2v) is 9.62. The van der Waals surface area contributed by atoms with E-state index in [1.807, 2.05) is 0 Å². The van der Waals surface area contributed by atoms with Gasteiger partial charge in [0.2, 0.25) is 0 Å². The average Bonchev–Trinajstić information content (AvgIpc) is 2.66. The lowest BCUT2D eigenvalue weighted by atomic mass is 9.78. The highest BCUT2D eigenvalue weighted by atomic mass is 35.5. The van der Waals surface area contributed by atoms with Crippen molar-refractivity contribution in [2.24, 2.45) is 5.10 Å². The molecule has 0 bridgehead atoms. The summed E-state index contributed by atoms with van der Waals surface area (Å²) in [6.07, 6.45) is 2.80. The van der Waals surface area contributed by atoms with Crippen LogP contribution in [0.15, 0.2) is 41.5 Å². The van der Waals surface area contributed by atoms with Gasteiger partial charge in [-0.25, -0.2) is 5.43 Å². The van der Waals surface area contributed by atoms with E-state index in [-0.39, 0.29) is 18.1 Å². The summed E-state index contributed by atoms with van der Waals surface area (Å²) in [7, 11) is 0. The van der Waals surface area contributed by atoms with E-state index in [9.17, 15) is 4.79 Å². The lowest BCUT2D eigenvalue weighted by Crippen LogP contribution is -2.51. The van der Waals surface area contributed by atoms with Crippen molar-refractivity contribution in [1.82, 2.24) is 5.43 Å². The topological polar surface area (TPSA) is 53.9 Å². The van der Waals surface area contributed by atoms with Crippen molar-refractivity contribution in [3.05, 3.63) is 58.1 Å². The molecule has 0 saturated heterocycles. The van der Waals surface area contributed by atoms with Crippen LogP contribution in [0.3, 0.4) is 0 Å². The van der Waals surface area contributed by atoms with Crippen LogP contribution in [0.2, 0.25) is 5.02 Å². The molecule has 2 aromatic carbocycles. The fourth-order valence-corrected chi connectivity index (χ4v) is 4.82. The van der Waals surface area contributed by atoms with Gasteiger partial charge in [0.25, 0.3) is 5.91 Å². The number of hydrogen-bond donors (Lipinski definition) is 1. The van der Waals surface area contributed by atoms with Crippen molar-refractivity contribution >= 4 is 29.4 Å². The van der Waals surface area contributed by atoms with Gasteiger partial charge < -0.3 is 9.64 Å². The first-order valence-corrected chi connectivity index (χ1v) is 11.1. The van der Waals surface area contributed by atoms with E-state index >= 15 is 0 Å². The molecule has 31 heavy (non-hydrogen) atoms. The standard InChI is InChI=1S/C25H32ClN3O2/c1-16(2)29-23-10-17(3)19(11-22(23)18(4)13-25(29,5)6)14-27-28-24(30)15-31-21-9-7-8-20(26)12-21/h7-12,14,16,18H,13,15H2,1-6H3,(H,28,30)/b27-14+/t18-/m1/s1. The van der Waals surface area contributed by atoms with Crippen LogP contribution in [0.5, 0.6) is 5.75 Å². The van der Waals surface area contributed by atoms with Gasteiger partial charge in [0.15, 0.2) is 6.61 Å². The molecule has 1 aliphatic rings. The Bertz CT molecular complexity index is 985. The van der Waals surface area contributed by atoms with Gasteiger partial charge >= 0.3 is 0 Å². The number of aryl methyl sites for hydroxylation is 1. The number of halogens is 1. The zero-order valence-corrected chi connectivity index (χ0v) is 20.0. The molecule has 3 rings (SSSR count). The van der Waals surface area contributed by atoms with Crippen LogP contribution < -0.4 is 15.1 Å². The lowest BCUT2D eigenvalue weighted by Gasteiger charge is -2.50. The van der Waals surface area contributed by atoms with E-state index < -0.39 is 0 Å². The SMILES string of the molecule is Cc1cc2c(cc1/C=N/NC(=O)COc1cccc(Cl)c1)[C@H](C)CC(C)(C)N2C(C)C. The number of ether oxygens (including phenoxy) is 1. The van der Waals surface area contributed by atoms with Gasteiger partial charge in [-0.1, -0.05) is 24.6 Å². The van der Waals surface area contributed by atoms with E-state index in [1.165, 1.54) is 11.3 Å². The zero-order chi connectivity index (χ0) is 22.8. The maximum atomic E-state index is 12.1. The number of carbonyl (C=O) groups is 1. The molecule has 0 spiro atoms. The van der Waals surface area contributed by atoms with Crippen molar-refractivity contribution < 1.29 is 9.53 Å². The predicted octanol–water partition coefficient (Wildman–Crippen LogP) is 5.68. The Kier molecular flexibility index (Phi) is 6.95. The Morgan fingerprint density at radius 3 is 2.77 bits per heavy atom. The molecule has 1 heterocycles. The number of nitrogens with one attached hydrogen (secondary N) is 1. The van der Waals surface area contributed by atoms with Crippen LogP contribution in [0.1, 0.15) is 63.6 Å². The van der Waals surface area contributed by atoms with Crippen LogP contribution >= 0.6 is 11.6 Å². The van der Waals surface area contributed by atoms with Crippen LogP contribution in [-0.2, 0) is 4.79 Å². The van der Waals surface area contributed by atoms with Crippen molar-refractivity contribution in [3.63, 3.8) is 0 Å². The van der Waals surface area contributed by atoms with Crippen molar-refractivity contribution in [3.8, 4) is 5.75 Å². The monoisotopic (exact) mass is 441 g/mol. The minimum absolute atomic E-state index is 0.111. The maximum absolute atomic E-state index is 12.1. The van der Waals surface area contributed by atoms with Gasteiger partial charge in [-0.05, 0) is 94.0 Å². The third-order valence-electron chi connectivity index (χ3n) is 5.74. The predicted molar refractivity (Wildman–Crippen MR) is 129 cm³/mol. The van der Waals surface area contributed by atoms with Gasteiger partial charge in [-0.2, -0.15) is 5.10 Å². The molecule has 0 aromatic heterocycles. The molecule has 0 aliphatic carbocycles. The van der Waals surface area contributed by atoms with Crippen LogP contribution in [0.4, 0.5) is 5.69 Å². The first-order chi connectivity index (χ1) is 14.6. The summed E-state index contributed by atoms with van der Waals surface area (Å²) in [5, 5.41) is 4.71. The Balaban J connectivity index is 1.70. The van der Waals surface area contributed by atoms with E-state index in [0.29, 0.717) is 22.7 Å². The molecule has 0 saturated carbocycles. The largest absolute Gasteiger partial charge is 0.484 e. The van der Waals surface area contributed by atoms with Gasteiger partial charge in [0.05, 0.1) is 6.21 Å². The van der Waals surface area contributed by atoms with Gasteiger partial charge in [-0.3, -0.25) is 4.79 Å². The molecule has 1 atom stereocenters. The third kappa shape index (κ3) is 5.40. The van der Waals surface area contributed by atoms with E-state index in [1.54, 1.807) is 30.5 Å². The number of anilines is 1. The molecule has 0 fully saturated rings. The minimum atomic E-state index is -0.326. The highest BCUT2D eigenvalue weighted by molar-refractivity contribution is 6.30. The summed E-state index contributed by atoms with van der Waals surface area (Å²) in [5.41, 5.74) is 7.41. The van der Waals surface area contributed by atoms with Gasteiger partial charge in [-0.15, -0.1) is 0 Å². The number of nitrogens with zero attached hydrogens (tertiary/aromatic N) is 2.